The van der Waals surface area contributed by atoms with Crippen LogP contribution in [-0.2, 0) is 20.7 Å². The average molecular weight is 504 g/mol. The van der Waals surface area contributed by atoms with Crippen molar-refractivity contribution < 1.29 is 23.9 Å². The summed E-state index contributed by atoms with van der Waals surface area (Å²) in [5.41, 5.74) is 3.11. The molecule has 3 aromatic rings. The normalized spacial score (nSPS) is 13.1. The second-order valence-electron chi connectivity index (χ2n) is 7.84. The highest BCUT2D eigenvalue weighted by Crippen LogP contribution is 2.30. The summed E-state index contributed by atoms with van der Waals surface area (Å²) in [4.78, 5) is 50.9. The van der Waals surface area contributed by atoms with Gasteiger partial charge in [0.2, 0.25) is 0 Å². The van der Waals surface area contributed by atoms with Crippen LogP contribution in [0.5, 0.6) is 0 Å². The highest BCUT2D eigenvalue weighted by molar-refractivity contribution is 6.53. The maximum absolute atomic E-state index is 13.0. The number of aryl methyl sites for hydroxylation is 1. The van der Waals surface area contributed by atoms with Gasteiger partial charge in [-0.25, -0.2) is 9.69 Å². The quantitative estimate of drug-likeness (QED) is 0.357. The van der Waals surface area contributed by atoms with Gasteiger partial charge in [-0.1, -0.05) is 36.7 Å². The lowest BCUT2D eigenvalue weighted by Crippen LogP contribution is -2.32. The van der Waals surface area contributed by atoms with Crippen LogP contribution < -0.4 is 15.5 Å². The van der Waals surface area contributed by atoms with Crippen molar-refractivity contribution >= 4 is 52.4 Å². The lowest BCUT2D eigenvalue weighted by molar-refractivity contribution is -0.120. The van der Waals surface area contributed by atoms with Gasteiger partial charge >= 0.3 is 5.97 Å². The second-order valence-corrected chi connectivity index (χ2v) is 8.22. The first-order valence-corrected chi connectivity index (χ1v) is 11.4. The molecule has 0 aromatic heterocycles. The Morgan fingerprint density at radius 2 is 1.53 bits per heavy atom. The molecule has 2 N–H and O–H groups in total. The third-order valence-electron chi connectivity index (χ3n) is 5.64. The van der Waals surface area contributed by atoms with Gasteiger partial charge in [-0.15, -0.1) is 0 Å². The molecule has 0 saturated heterocycles. The number of nitrogens with zero attached hydrogens (tertiary/aromatic N) is 1. The molecular formula is C27H22ClN3O5. The molecule has 9 heteroatoms. The van der Waals surface area contributed by atoms with Crippen molar-refractivity contribution in [1.29, 1.82) is 0 Å². The maximum Gasteiger partial charge on any atom is 0.337 e. The van der Waals surface area contributed by atoms with E-state index in [1.54, 1.807) is 24.3 Å². The van der Waals surface area contributed by atoms with Crippen molar-refractivity contribution in [3.05, 3.63) is 100 Å². The number of ether oxygens (including phenoxy) is 1. The van der Waals surface area contributed by atoms with E-state index in [1.165, 1.54) is 31.4 Å². The van der Waals surface area contributed by atoms with Crippen LogP contribution in [0.3, 0.4) is 0 Å². The Labute approximate surface area is 212 Å². The molecule has 0 fully saturated rings. The molecule has 0 atom stereocenters. The van der Waals surface area contributed by atoms with E-state index in [-0.39, 0.29) is 27.9 Å². The Bertz CT molecular complexity index is 1380. The molecule has 1 aliphatic rings. The Kier molecular flexibility index (Phi) is 7.17. The number of hydrogen-bond acceptors (Lipinski definition) is 6. The molecule has 0 saturated carbocycles. The Hall–Kier alpha value is -4.43. The van der Waals surface area contributed by atoms with Crippen molar-refractivity contribution in [3.8, 4) is 0 Å². The molecule has 36 heavy (non-hydrogen) atoms. The number of imide groups is 1. The molecule has 3 amide bonds. The van der Waals surface area contributed by atoms with Crippen LogP contribution in [0.15, 0.2) is 83.5 Å². The molecule has 0 spiro atoms. The van der Waals surface area contributed by atoms with E-state index in [4.69, 9.17) is 11.6 Å². The van der Waals surface area contributed by atoms with Gasteiger partial charge in [0.05, 0.1) is 18.4 Å². The number of methoxy groups -OCH3 is 1. The fraction of sp³-hybridized carbons (Fsp3) is 0.111. The SMILES string of the molecule is CCc1ccccc1NC(=O)c1ccc(NC2=C(Cl)C(=O)N(c3ccc(C(=O)OC)cc3)C2=O)cc1. The van der Waals surface area contributed by atoms with Crippen molar-refractivity contribution in [2.24, 2.45) is 0 Å². The van der Waals surface area contributed by atoms with Crippen molar-refractivity contribution in [1.82, 2.24) is 0 Å². The number of amides is 3. The third kappa shape index (κ3) is 4.85. The van der Waals surface area contributed by atoms with E-state index in [0.29, 0.717) is 11.3 Å². The number of carbonyl (C=O) groups excluding carboxylic acids is 4. The predicted octanol–water partition coefficient (Wildman–Crippen LogP) is 4.72. The largest absolute Gasteiger partial charge is 0.465 e. The standard InChI is InChI=1S/C27H22ClN3O5/c1-3-16-6-4-5-7-21(16)30-24(32)17-8-12-19(13-9-17)29-23-22(28)25(33)31(26(23)34)20-14-10-18(11-15-20)27(35)36-2/h4-15,29H,3H2,1-2H3,(H,30,32). The maximum atomic E-state index is 13.0. The summed E-state index contributed by atoms with van der Waals surface area (Å²) < 4.78 is 4.66. The molecular weight excluding hydrogens is 482 g/mol. The van der Waals surface area contributed by atoms with Crippen LogP contribution in [-0.4, -0.2) is 30.8 Å². The number of para-hydroxylation sites is 1. The minimum Gasteiger partial charge on any atom is -0.465 e. The number of anilines is 3. The molecule has 182 valence electrons. The van der Waals surface area contributed by atoms with E-state index in [0.717, 1.165) is 22.6 Å². The molecule has 0 radical (unpaired) electrons. The highest BCUT2D eigenvalue weighted by Gasteiger charge is 2.39. The minimum absolute atomic E-state index is 0.0900. The number of carbonyl (C=O) groups is 4. The number of rotatable bonds is 7. The van der Waals surface area contributed by atoms with Gasteiger partial charge in [0.15, 0.2) is 0 Å². The van der Waals surface area contributed by atoms with Crippen LogP contribution in [0.2, 0.25) is 0 Å². The molecule has 1 aliphatic heterocycles. The van der Waals surface area contributed by atoms with Crippen LogP contribution >= 0.6 is 11.6 Å². The van der Waals surface area contributed by atoms with Gasteiger partial charge < -0.3 is 15.4 Å². The summed E-state index contributed by atoms with van der Waals surface area (Å²) in [6.07, 6.45) is 0.786. The number of esters is 1. The Balaban J connectivity index is 1.47. The van der Waals surface area contributed by atoms with Crippen LogP contribution in [0, 0.1) is 0 Å². The minimum atomic E-state index is -0.694. The van der Waals surface area contributed by atoms with Gasteiger partial charge in [-0.2, -0.15) is 0 Å². The van der Waals surface area contributed by atoms with Gasteiger partial charge in [-0.3, -0.25) is 14.4 Å². The van der Waals surface area contributed by atoms with Crippen molar-refractivity contribution in [2.45, 2.75) is 13.3 Å². The number of benzene rings is 3. The topological polar surface area (TPSA) is 105 Å². The summed E-state index contributed by atoms with van der Waals surface area (Å²) in [5, 5.41) is 5.51. The fourth-order valence-corrected chi connectivity index (χ4v) is 3.92. The Morgan fingerprint density at radius 1 is 0.889 bits per heavy atom. The molecule has 3 aromatic carbocycles. The molecule has 1 heterocycles. The molecule has 0 aliphatic carbocycles. The lowest BCUT2D eigenvalue weighted by atomic mass is 10.1. The zero-order valence-corrected chi connectivity index (χ0v) is 20.3. The number of halogens is 1. The lowest BCUT2D eigenvalue weighted by Gasteiger charge is -2.15. The van der Waals surface area contributed by atoms with Crippen molar-refractivity contribution in [3.63, 3.8) is 0 Å². The fourth-order valence-electron chi connectivity index (χ4n) is 3.70. The summed E-state index contributed by atoms with van der Waals surface area (Å²) in [5.74, 6) is -2.14. The van der Waals surface area contributed by atoms with E-state index in [1.807, 2.05) is 31.2 Å². The second kappa shape index (κ2) is 10.5. The zero-order valence-electron chi connectivity index (χ0n) is 19.5. The first kappa shape index (κ1) is 24.7. The van der Waals surface area contributed by atoms with E-state index < -0.39 is 17.8 Å². The van der Waals surface area contributed by atoms with E-state index in [2.05, 4.69) is 15.4 Å². The van der Waals surface area contributed by atoms with Gasteiger partial charge in [0.25, 0.3) is 17.7 Å². The van der Waals surface area contributed by atoms with E-state index >= 15 is 0 Å². The average Bonchev–Trinajstić information content (AvgIpc) is 3.11. The van der Waals surface area contributed by atoms with E-state index in [9.17, 15) is 19.2 Å². The number of hydrogen-bond donors (Lipinski definition) is 2. The van der Waals surface area contributed by atoms with Crippen LogP contribution in [0.25, 0.3) is 0 Å². The number of nitrogens with one attached hydrogen (secondary N) is 2. The molecule has 4 rings (SSSR count). The summed E-state index contributed by atoms with van der Waals surface area (Å²) >= 11 is 6.19. The van der Waals surface area contributed by atoms with Crippen LogP contribution in [0.4, 0.5) is 17.1 Å². The predicted molar refractivity (Wildman–Crippen MR) is 137 cm³/mol. The Morgan fingerprint density at radius 3 is 2.17 bits per heavy atom. The molecule has 8 nitrogen and oxygen atoms in total. The third-order valence-corrected chi connectivity index (χ3v) is 5.99. The van der Waals surface area contributed by atoms with Crippen molar-refractivity contribution in [2.75, 3.05) is 22.6 Å². The first-order valence-electron chi connectivity index (χ1n) is 11.1. The van der Waals surface area contributed by atoms with Gasteiger partial charge in [-0.05, 0) is 66.6 Å². The smallest absolute Gasteiger partial charge is 0.337 e. The van der Waals surface area contributed by atoms with Crippen LogP contribution in [0.1, 0.15) is 33.2 Å². The molecule has 0 unspecified atom stereocenters. The summed E-state index contributed by atoms with van der Waals surface area (Å²) in [6, 6.07) is 19.8. The van der Waals surface area contributed by atoms with Gasteiger partial charge in [0, 0.05) is 16.9 Å². The zero-order chi connectivity index (χ0) is 25.8. The highest BCUT2D eigenvalue weighted by atomic mass is 35.5. The summed E-state index contributed by atoms with van der Waals surface area (Å²) in [7, 11) is 1.26. The monoisotopic (exact) mass is 503 g/mol. The summed E-state index contributed by atoms with van der Waals surface area (Å²) in [6.45, 7) is 2.01. The van der Waals surface area contributed by atoms with Gasteiger partial charge in [0.1, 0.15) is 10.7 Å². The molecule has 0 bridgehead atoms. The first-order chi connectivity index (χ1) is 17.3.